The maximum atomic E-state index is 13.9. The highest BCUT2D eigenvalue weighted by molar-refractivity contribution is 6.31. The summed E-state index contributed by atoms with van der Waals surface area (Å²) >= 11 is 0. The standard InChI is InChI=1S/C34H33N5O12/c1-14-28(41)19(35)10-23(49-14)50-21-12-34(47,13-22(40)38-51-33(46)15-6-8-16(9-7-15)37-39-36)11-18-25(21)32(45)27-26(30(18)43)29(42)17-4-3-5-20(48-2)24(17)31(27)44/h3-9,14,19,21,23,28,41,43,45,47H,10-13,35H2,1-2H3,(H,38,40)/t14-,19-,21-,23-,28+,34-/m0/s1. The number of hydrogen-bond acceptors (Lipinski definition) is 14. The van der Waals surface area contributed by atoms with E-state index >= 15 is 0 Å². The van der Waals surface area contributed by atoms with Crippen molar-refractivity contribution in [2.45, 2.75) is 68.9 Å². The van der Waals surface area contributed by atoms with Crippen LogP contribution < -0.4 is 16.0 Å². The molecule has 0 saturated carbocycles. The molecule has 17 heteroatoms. The Morgan fingerprint density at radius 3 is 2.47 bits per heavy atom. The molecule has 0 unspecified atom stereocenters. The molecule has 1 aliphatic heterocycles. The van der Waals surface area contributed by atoms with Gasteiger partial charge in [0, 0.05) is 52.6 Å². The summed E-state index contributed by atoms with van der Waals surface area (Å²) in [4.78, 5) is 60.8. The van der Waals surface area contributed by atoms with Crippen LogP contribution in [0, 0.1) is 0 Å². The van der Waals surface area contributed by atoms with Crippen LogP contribution in [0.2, 0.25) is 0 Å². The number of aliphatic hydroxyl groups excluding tert-OH is 1. The summed E-state index contributed by atoms with van der Waals surface area (Å²) in [5.41, 5.74) is 13.4. The van der Waals surface area contributed by atoms with E-state index < -0.39 is 102 Å². The normalized spacial score (nSPS) is 25.1. The minimum Gasteiger partial charge on any atom is -0.507 e. The van der Waals surface area contributed by atoms with Crippen LogP contribution in [0.3, 0.4) is 0 Å². The molecule has 3 aromatic carbocycles. The predicted octanol–water partition coefficient (Wildman–Crippen LogP) is 2.66. The summed E-state index contributed by atoms with van der Waals surface area (Å²) in [6.07, 6.45) is -5.92. The van der Waals surface area contributed by atoms with Gasteiger partial charge in [0.1, 0.15) is 17.2 Å². The van der Waals surface area contributed by atoms with Crippen LogP contribution in [0.1, 0.15) is 85.6 Å². The first-order valence-electron chi connectivity index (χ1n) is 15.8. The Balaban J connectivity index is 1.33. The van der Waals surface area contributed by atoms with Gasteiger partial charge in [-0.3, -0.25) is 14.4 Å². The number of amides is 1. The molecule has 1 amide bonds. The number of azide groups is 1. The van der Waals surface area contributed by atoms with Crippen molar-refractivity contribution < 1.29 is 58.7 Å². The van der Waals surface area contributed by atoms with E-state index in [0.717, 1.165) is 0 Å². The quantitative estimate of drug-likeness (QED) is 0.0532. The molecule has 0 spiro atoms. The highest BCUT2D eigenvalue weighted by Gasteiger charge is 2.48. The molecule has 1 fully saturated rings. The number of carbonyl (C=O) groups excluding carboxylic acids is 4. The number of phenols is 2. The van der Waals surface area contributed by atoms with E-state index in [-0.39, 0.29) is 45.7 Å². The number of fused-ring (bicyclic) bond motifs is 3. The van der Waals surface area contributed by atoms with E-state index in [1.54, 1.807) is 6.92 Å². The van der Waals surface area contributed by atoms with E-state index in [4.69, 9.17) is 30.3 Å². The lowest BCUT2D eigenvalue weighted by Gasteiger charge is -2.42. The molecular formula is C34H33N5O12. The molecule has 17 nitrogen and oxygen atoms in total. The Hall–Kier alpha value is -5.55. The molecule has 6 rings (SSSR count). The highest BCUT2D eigenvalue weighted by atomic mass is 16.7. The third-order valence-corrected chi connectivity index (χ3v) is 9.23. The van der Waals surface area contributed by atoms with Gasteiger partial charge in [-0.15, -0.1) is 0 Å². The van der Waals surface area contributed by atoms with Gasteiger partial charge in [0.15, 0.2) is 12.1 Å². The van der Waals surface area contributed by atoms with Gasteiger partial charge in [-0.25, -0.2) is 4.79 Å². The highest BCUT2D eigenvalue weighted by Crippen LogP contribution is 2.53. The van der Waals surface area contributed by atoms with Crippen molar-refractivity contribution in [1.82, 2.24) is 5.48 Å². The fourth-order valence-electron chi connectivity index (χ4n) is 6.81. The van der Waals surface area contributed by atoms with Crippen molar-refractivity contribution in [3.63, 3.8) is 0 Å². The average molecular weight is 704 g/mol. The van der Waals surface area contributed by atoms with Gasteiger partial charge in [0.25, 0.3) is 5.91 Å². The molecule has 266 valence electrons. The van der Waals surface area contributed by atoms with E-state index in [2.05, 4.69) is 10.0 Å². The number of carbonyl (C=O) groups is 4. The largest absolute Gasteiger partial charge is 0.507 e. The lowest BCUT2D eigenvalue weighted by molar-refractivity contribution is -0.247. The second-order valence-corrected chi connectivity index (χ2v) is 12.6. The molecule has 6 atom stereocenters. The van der Waals surface area contributed by atoms with Crippen LogP contribution in [0.4, 0.5) is 5.69 Å². The Bertz CT molecular complexity index is 1980. The first kappa shape index (κ1) is 35.3. The van der Waals surface area contributed by atoms with Gasteiger partial charge in [0.05, 0.1) is 59.7 Å². The first-order valence-corrected chi connectivity index (χ1v) is 15.8. The fourth-order valence-corrected chi connectivity index (χ4v) is 6.81. The number of nitrogens with one attached hydrogen (secondary N) is 1. The number of phenolic OH excluding ortho intramolecular Hbond substituents is 2. The smallest absolute Gasteiger partial charge is 0.362 e. The van der Waals surface area contributed by atoms with Gasteiger partial charge >= 0.3 is 5.97 Å². The van der Waals surface area contributed by atoms with Crippen molar-refractivity contribution >= 4 is 29.1 Å². The number of nitrogens with zero attached hydrogens (tertiary/aromatic N) is 3. The van der Waals surface area contributed by atoms with Crippen molar-refractivity contribution in [2.75, 3.05) is 7.11 Å². The summed E-state index contributed by atoms with van der Waals surface area (Å²) in [6.45, 7) is 1.57. The van der Waals surface area contributed by atoms with Crippen molar-refractivity contribution in [3.8, 4) is 17.2 Å². The molecule has 0 aromatic heterocycles. The molecule has 1 heterocycles. The molecule has 1 saturated heterocycles. The Morgan fingerprint density at radius 1 is 1.10 bits per heavy atom. The van der Waals surface area contributed by atoms with Crippen LogP contribution in [0.25, 0.3) is 10.4 Å². The monoisotopic (exact) mass is 703 g/mol. The van der Waals surface area contributed by atoms with Gasteiger partial charge in [-0.2, -0.15) is 5.48 Å². The zero-order valence-electron chi connectivity index (χ0n) is 27.2. The van der Waals surface area contributed by atoms with Crippen LogP contribution in [-0.2, 0) is 25.5 Å². The van der Waals surface area contributed by atoms with Gasteiger partial charge in [0.2, 0.25) is 5.78 Å². The Labute approximate surface area is 289 Å². The molecule has 7 N–H and O–H groups in total. The predicted molar refractivity (Wildman–Crippen MR) is 173 cm³/mol. The second-order valence-electron chi connectivity index (χ2n) is 12.6. The van der Waals surface area contributed by atoms with Crippen molar-refractivity contribution in [3.05, 3.63) is 91.9 Å². The number of aromatic hydroxyl groups is 2. The summed E-state index contributed by atoms with van der Waals surface area (Å²) in [5, 5.41) is 49.0. The topological polar surface area (TPSA) is 273 Å². The molecular weight excluding hydrogens is 670 g/mol. The van der Waals surface area contributed by atoms with Crippen LogP contribution in [-0.4, -0.2) is 81.1 Å². The lowest BCUT2D eigenvalue weighted by atomic mass is 9.72. The number of rotatable bonds is 7. The molecule has 0 bridgehead atoms. The van der Waals surface area contributed by atoms with E-state index in [1.165, 1.54) is 49.6 Å². The summed E-state index contributed by atoms with van der Waals surface area (Å²) < 4.78 is 17.3. The second kappa shape index (κ2) is 13.6. The van der Waals surface area contributed by atoms with Crippen LogP contribution in [0.5, 0.6) is 17.2 Å². The van der Waals surface area contributed by atoms with Crippen molar-refractivity contribution in [2.24, 2.45) is 10.8 Å². The summed E-state index contributed by atoms with van der Waals surface area (Å²) in [5.74, 6) is -4.83. The van der Waals surface area contributed by atoms with E-state index in [9.17, 15) is 39.6 Å². The average Bonchev–Trinajstić information content (AvgIpc) is 3.09. The number of hydrogen-bond donors (Lipinski definition) is 6. The lowest BCUT2D eigenvalue weighted by Crippen LogP contribution is -2.52. The third kappa shape index (κ3) is 6.45. The Kier molecular flexibility index (Phi) is 9.43. The molecule has 3 aliphatic rings. The number of methoxy groups -OCH3 is 1. The Morgan fingerprint density at radius 2 is 1.80 bits per heavy atom. The number of nitrogens with two attached hydrogens (primary N) is 1. The number of ether oxygens (including phenoxy) is 3. The summed E-state index contributed by atoms with van der Waals surface area (Å²) in [6, 6.07) is 8.90. The number of ketones is 2. The maximum absolute atomic E-state index is 13.9. The SMILES string of the molecule is COc1cccc2c1C(=O)c1c(O)c3c(c(O)c1C2=O)C[C@@](O)(CC(=O)NOC(=O)c1ccc(N=[N+]=[N-])cc1)C[C@@H]3O[C@H]1C[C@H](N)[C@H](O)[C@H](C)O1. The van der Waals surface area contributed by atoms with Gasteiger partial charge < -0.3 is 45.2 Å². The minimum atomic E-state index is -2.05. The molecule has 0 radical (unpaired) electrons. The molecule has 2 aliphatic carbocycles. The summed E-state index contributed by atoms with van der Waals surface area (Å²) in [7, 11) is 1.31. The maximum Gasteiger partial charge on any atom is 0.362 e. The zero-order valence-corrected chi connectivity index (χ0v) is 27.2. The molecule has 3 aromatic rings. The van der Waals surface area contributed by atoms with E-state index in [0.29, 0.717) is 0 Å². The van der Waals surface area contributed by atoms with Crippen LogP contribution in [0.15, 0.2) is 47.6 Å². The zero-order chi connectivity index (χ0) is 36.8. The number of aliphatic hydroxyl groups is 2. The number of hydroxylamine groups is 1. The fraction of sp³-hybridized carbons (Fsp3) is 0.353. The minimum absolute atomic E-state index is 0.0135. The number of benzene rings is 3. The van der Waals surface area contributed by atoms with E-state index in [1.807, 2.05) is 5.48 Å². The van der Waals surface area contributed by atoms with Crippen LogP contribution >= 0.6 is 0 Å². The molecule has 51 heavy (non-hydrogen) atoms. The van der Waals surface area contributed by atoms with Gasteiger partial charge in [-0.1, -0.05) is 29.4 Å². The van der Waals surface area contributed by atoms with Crippen molar-refractivity contribution in [1.29, 1.82) is 0 Å². The van der Waals surface area contributed by atoms with Gasteiger partial charge in [-0.05, 0) is 30.7 Å². The third-order valence-electron chi connectivity index (χ3n) is 9.23. The first-order chi connectivity index (χ1) is 24.3.